The van der Waals surface area contributed by atoms with E-state index in [0.717, 1.165) is 0 Å². The first-order valence-electron chi connectivity index (χ1n) is 9.64. The molecule has 0 bridgehead atoms. The lowest BCUT2D eigenvalue weighted by Crippen LogP contribution is -2.10. The molecule has 4 aromatic rings. The van der Waals surface area contributed by atoms with Crippen molar-refractivity contribution in [2.75, 3.05) is 28.4 Å². The molecule has 0 radical (unpaired) electrons. The van der Waals surface area contributed by atoms with Gasteiger partial charge in [-0.2, -0.15) is 0 Å². The second-order valence-electron chi connectivity index (χ2n) is 6.82. The van der Waals surface area contributed by atoms with Crippen LogP contribution in [-0.4, -0.2) is 44.7 Å². The smallest absolute Gasteiger partial charge is 0.298 e. The SMILES string of the molecule is COc1ccc2c(C(=O)c3cc(OC)c(OC)c(OC)c3)cn(C(=O)c3ccco3)c2c1. The number of hydrogen-bond acceptors (Lipinski definition) is 7. The third-order valence-corrected chi connectivity index (χ3v) is 5.14. The number of ether oxygens (including phenoxy) is 4. The van der Waals surface area contributed by atoms with Gasteiger partial charge in [0.25, 0.3) is 5.91 Å². The van der Waals surface area contributed by atoms with E-state index in [-0.39, 0.29) is 11.5 Å². The fourth-order valence-electron chi connectivity index (χ4n) is 3.57. The van der Waals surface area contributed by atoms with Crippen LogP contribution < -0.4 is 18.9 Å². The minimum Gasteiger partial charge on any atom is -0.497 e. The normalized spacial score (nSPS) is 10.8. The Morgan fingerprint density at radius 2 is 1.59 bits per heavy atom. The van der Waals surface area contributed by atoms with Crippen LogP contribution in [0.2, 0.25) is 0 Å². The van der Waals surface area contributed by atoms with E-state index in [1.165, 1.54) is 45.5 Å². The first-order chi connectivity index (χ1) is 15.5. The monoisotopic (exact) mass is 435 g/mol. The molecule has 0 saturated carbocycles. The van der Waals surface area contributed by atoms with Gasteiger partial charge in [0.2, 0.25) is 5.75 Å². The molecule has 8 nitrogen and oxygen atoms in total. The Hall–Kier alpha value is -4.20. The van der Waals surface area contributed by atoms with Gasteiger partial charge >= 0.3 is 0 Å². The van der Waals surface area contributed by atoms with Crippen molar-refractivity contribution in [2.24, 2.45) is 0 Å². The third-order valence-electron chi connectivity index (χ3n) is 5.14. The van der Waals surface area contributed by atoms with Crippen LogP contribution in [0, 0.1) is 0 Å². The third kappa shape index (κ3) is 3.45. The molecule has 0 amide bonds. The van der Waals surface area contributed by atoms with E-state index in [1.54, 1.807) is 42.5 Å². The Morgan fingerprint density at radius 3 is 2.16 bits per heavy atom. The van der Waals surface area contributed by atoms with Gasteiger partial charge in [0, 0.05) is 28.8 Å². The summed E-state index contributed by atoms with van der Waals surface area (Å²) < 4.78 is 28.0. The molecule has 0 aliphatic heterocycles. The Balaban J connectivity index is 1.90. The lowest BCUT2D eigenvalue weighted by molar-refractivity contribution is 0.0937. The molecule has 2 aromatic heterocycles. The lowest BCUT2D eigenvalue weighted by Gasteiger charge is -2.13. The molecule has 0 atom stereocenters. The van der Waals surface area contributed by atoms with Crippen molar-refractivity contribution < 1.29 is 33.0 Å². The van der Waals surface area contributed by atoms with Crippen LogP contribution in [-0.2, 0) is 0 Å². The number of furan rings is 1. The molecule has 4 rings (SSSR count). The molecule has 0 saturated heterocycles. The summed E-state index contributed by atoms with van der Waals surface area (Å²) in [5.74, 6) is 1.07. The molecule has 0 aliphatic rings. The predicted octanol–water partition coefficient (Wildman–Crippen LogP) is 4.19. The zero-order valence-corrected chi connectivity index (χ0v) is 18.0. The topological polar surface area (TPSA) is 89.1 Å². The lowest BCUT2D eigenvalue weighted by atomic mass is 10.0. The molecule has 0 aliphatic carbocycles. The fourth-order valence-corrected chi connectivity index (χ4v) is 3.57. The minimum absolute atomic E-state index is 0.150. The van der Waals surface area contributed by atoms with Crippen LogP contribution >= 0.6 is 0 Å². The van der Waals surface area contributed by atoms with Crippen molar-refractivity contribution in [3.05, 3.63) is 71.8 Å². The molecule has 0 fully saturated rings. The van der Waals surface area contributed by atoms with Crippen LogP contribution in [0.5, 0.6) is 23.0 Å². The fraction of sp³-hybridized carbons (Fsp3) is 0.167. The Labute approximate surface area is 183 Å². The average molecular weight is 435 g/mol. The van der Waals surface area contributed by atoms with Crippen molar-refractivity contribution in [1.29, 1.82) is 0 Å². The van der Waals surface area contributed by atoms with Gasteiger partial charge in [-0.15, -0.1) is 0 Å². The molecule has 32 heavy (non-hydrogen) atoms. The van der Waals surface area contributed by atoms with Crippen molar-refractivity contribution in [3.8, 4) is 23.0 Å². The highest BCUT2D eigenvalue weighted by atomic mass is 16.5. The van der Waals surface area contributed by atoms with Gasteiger partial charge in [0.1, 0.15) is 5.75 Å². The molecule has 0 N–H and O–H groups in total. The van der Waals surface area contributed by atoms with Crippen molar-refractivity contribution in [2.45, 2.75) is 0 Å². The Kier molecular flexibility index (Phi) is 5.59. The summed E-state index contributed by atoms with van der Waals surface area (Å²) in [7, 11) is 5.98. The highest BCUT2D eigenvalue weighted by Gasteiger charge is 2.24. The Bertz CT molecular complexity index is 1280. The van der Waals surface area contributed by atoms with Gasteiger partial charge in [-0.25, -0.2) is 0 Å². The quantitative estimate of drug-likeness (QED) is 0.402. The summed E-state index contributed by atoms with van der Waals surface area (Å²) in [5, 5.41) is 0.587. The van der Waals surface area contributed by atoms with E-state index in [4.69, 9.17) is 23.4 Å². The second kappa shape index (κ2) is 8.50. The van der Waals surface area contributed by atoms with E-state index in [9.17, 15) is 9.59 Å². The maximum atomic E-state index is 13.5. The van der Waals surface area contributed by atoms with Gasteiger partial charge in [-0.3, -0.25) is 14.2 Å². The van der Waals surface area contributed by atoms with Gasteiger partial charge < -0.3 is 23.4 Å². The van der Waals surface area contributed by atoms with E-state index < -0.39 is 5.91 Å². The molecule has 0 unspecified atom stereocenters. The van der Waals surface area contributed by atoms with Gasteiger partial charge in [0.15, 0.2) is 23.0 Å². The number of carbonyl (C=O) groups is 2. The molecular weight excluding hydrogens is 414 g/mol. The van der Waals surface area contributed by atoms with Crippen molar-refractivity contribution >= 4 is 22.6 Å². The molecule has 2 aromatic carbocycles. The summed E-state index contributed by atoms with van der Waals surface area (Å²) in [5.41, 5.74) is 1.16. The first-order valence-corrected chi connectivity index (χ1v) is 9.64. The highest BCUT2D eigenvalue weighted by molar-refractivity contribution is 6.18. The summed E-state index contributed by atoms with van der Waals surface area (Å²) in [6, 6.07) is 11.5. The molecule has 2 heterocycles. The van der Waals surface area contributed by atoms with Crippen LogP contribution in [0.3, 0.4) is 0 Å². The maximum Gasteiger partial charge on any atom is 0.298 e. The largest absolute Gasteiger partial charge is 0.497 e. The summed E-state index contributed by atoms with van der Waals surface area (Å²) >= 11 is 0. The van der Waals surface area contributed by atoms with Crippen LogP contribution in [0.25, 0.3) is 10.9 Å². The van der Waals surface area contributed by atoms with Gasteiger partial charge in [-0.1, -0.05) is 0 Å². The number of hydrogen-bond donors (Lipinski definition) is 0. The summed E-state index contributed by atoms with van der Waals surface area (Å²) in [6.45, 7) is 0. The van der Waals surface area contributed by atoms with Gasteiger partial charge in [-0.05, 0) is 36.4 Å². The zero-order valence-electron chi connectivity index (χ0n) is 18.0. The van der Waals surface area contributed by atoms with E-state index in [1.807, 2.05) is 0 Å². The van der Waals surface area contributed by atoms with Gasteiger partial charge in [0.05, 0.1) is 40.2 Å². The number of rotatable bonds is 7. The first kappa shape index (κ1) is 21.0. The molecule has 0 spiro atoms. The Morgan fingerprint density at radius 1 is 0.875 bits per heavy atom. The van der Waals surface area contributed by atoms with Crippen LogP contribution in [0.15, 0.2) is 59.3 Å². The van der Waals surface area contributed by atoms with Crippen LogP contribution in [0.1, 0.15) is 26.5 Å². The number of nitrogens with zero attached hydrogens (tertiary/aromatic N) is 1. The number of carbonyl (C=O) groups excluding carboxylic acids is 2. The molecule has 8 heteroatoms. The van der Waals surface area contributed by atoms with E-state index in [0.29, 0.717) is 45.0 Å². The number of benzene rings is 2. The number of aromatic nitrogens is 1. The number of ketones is 1. The van der Waals surface area contributed by atoms with E-state index >= 15 is 0 Å². The average Bonchev–Trinajstić information content (AvgIpc) is 3.50. The summed E-state index contributed by atoms with van der Waals surface area (Å²) in [4.78, 5) is 26.6. The zero-order chi connectivity index (χ0) is 22.8. The van der Waals surface area contributed by atoms with E-state index in [2.05, 4.69) is 0 Å². The minimum atomic E-state index is -0.405. The highest BCUT2D eigenvalue weighted by Crippen LogP contribution is 2.39. The van der Waals surface area contributed by atoms with Crippen molar-refractivity contribution in [3.63, 3.8) is 0 Å². The molecule has 164 valence electrons. The molecular formula is C24H21NO7. The maximum absolute atomic E-state index is 13.5. The number of fused-ring (bicyclic) bond motifs is 1. The second-order valence-corrected chi connectivity index (χ2v) is 6.82. The number of methoxy groups -OCH3 is 4. The predicted molar refractivity (Wildman–Crippen MR) is 116 cm³/mol. The summed E-state index contributed by atoms with van der Waals surface area (Å²) in [6.07, 6.45) is 2.92. The van der Waals surface area contributed by atoms with Crippen LogP contribution in [0.4, 0.5) is 0 Å². The van der Waals surface area contributed by atoms with Crippen molar-refractivity contribution in [1.82, 2.24) is 4.57 Å². The standard InChI is InChI=1S/C24H21NO7/c1-28-15-7-8-16-17(13-25(18(16)12-15)24(27)19-6-5-9-32-19)22(26)14-10-20(29-2)23(31-4)21(11-14)30-3/h5-13H,1-4H3.